The molecule has 0 saturated heterocycles. The number of rotatable bonds is 11. The van der Waals surface area contributed by atoms with Crippen LogP contribution >= 0.6 is 0 Å². The molecule has 0 aliphatic carbocycles. The zero-order valence-electron chi connectivity index (χ0n) is 23.3. The molecule has 1 N–H and O–H groups in total. The minimum atomic E-state index is -4.34. The van der Waals surface area contributed by atoms with E-state index in [0.29, 0.717) is 25.3 Å². The number of hydrogen-bond acceptors (Lipinski definition) is 6. The van der Waals surface area contributed by atoms with Crippen molar-refractivity contribution < 1.29 is 31.9 Å². The molecule has 0 radical (unpaired) electrons. The lowest BCUT2D eigenvalue weighted by atomic mass is 10.1. The number of benzene rings is 3. The highest BCUT2D eigenvalue weighted by molar-refractivity contribution is 7.92. The van der Waals surface area contributed by atoms with Gasteiger partial charge in [0.1, 0.15) is 31.6 Å². The number of halogens is 1. The predicted molar refractivity (Wildman–Crippen MR) is 153 cm³/mol. The number of aryl methyl sites for hydroxylation is 1. The Morgan fingerprint density at radius 3 is 2.34 bits per heavy atom. The molecule has 0 spiro atoms. The van der Waals surface area contributed by atoms with Crippen molar-refractivity contribution in [3.05, 3.63) is 83.7 Å². The molecule has 4 rings (SSSR count). The lowest BCUT2D eigenvalue weighted by molar-refractivity contribution is -0.140. The van der Waals surface area contributed by atoms with Gasteiger partial charge in [0.25, 0.3) is 10.0 Å². The fourth-order valence-corrected chi connectivity index (χ4v) is 6.10. The van der Waals surface area contributed by atoms with E-state index in [1.807, 2.05) is 31.2 Å². The van der Waals surface area contributed by atoms with E-state index >= 15 is 0 Å². The Hall–Kier alpha value is -4.12. The van der Waals surface area contributed by atoms with Crippen molar-refractivity contribution in [2.45, 2.75) is 44.7 Å². The molecule has 1 aliphatic rings. The van der Waals surface area contributed by atoms with Crippen LogP contribution in [0, 0.1) is 12.7 Å². The zero-order valence-corrected chi connectivity index (χ0v) is 24.1. The molecule has 3 aromatic carbocycles. The van der Waals surface area contributed by atoms with Crippen LogP contribution in [0.1, 0.15) is 31.4 Å². The molecular formula is C30H34FN3O6S. The van der Waals surface area contributed by atoms with Crippen LogP contribution in [0.3, 0.4) is 0 Å². The topological polar surface area (TPSA) is 105 Å². The fourth-order valence-electron chi connectivity index (χ4n) is 4.67. The van der Waals surface area contributed by atoms with Crippen molar-refractivity contribution in [3.63, 3.8) is 0 Å². The smallest absolute Gasteiger partial charge is 0.264 e. The van der Waals surface area contributed by atoms with Gasteiger partial charge in [-0.2, -0.15) is 0 Å². The Bertz CT molecular complexity index is 1500. The number of fused-ring (bicyclic) bond motifs is 1. The molecule has 3 aromatic rings. The van der Waals surface area contributed by atoms with E-state index in [2.05, 4.69) is 5.32 Å². The first-order valence-electron chi connectivity index (χ1n) is 13.4. The fraction of sp³-hybridized carbons (Fsp3) is 0.333. The molecule has 0 bridgehead atoms. The Balaban J connectivity index is 1.74. The number of sulfonamides is 1. The molecule has 11 heteroatoms. The number of likely N-dealkylation sites (N-methyl/N-ethyl adjacent to an activating group) is 1. The molecule has 0 fully saturated rings. The molecule has 9 nitrogen and oxygen atoms in total. The van der Waals surface area contributed by atoms with Crippen molar-refractivity contribution in [1.82, 2.24) is 10.2 Å². The van der Waals surface area contributed by atoms with E-state index in [1.54, 1.807) is 13.8 Å². The number of nitrogens with zero attached hydrogens (tertiary/aromatic N) is 2. The number of hydrogen-bond donors (Lipinski definition) is 1. The van der Waals surface area contributed by atoms with Crippen LogP contribution in [0.2, 0.25) is 0 Å². The van der Waals surface area contributed by atoms with Gasteiger partial charge in [-0.15, -0.1) is 0 Å². The normalized spacial score (nSPS) is 13.3. The average molecular weight is 584 g/mol. The SMILES string of the molecule is CCNC(=O)[C@@H](CC)N(Cc1cccc(C)c1)C(=O)CN(c1ccc(F)cc1)S(=O)(=O)c1ccc2c(c1)OCCO2. The molecule has 0 saturated carbocycles. The van der Waals surface area contributed by atoms with Crippen LogP contribution in [0.15, 0.2) is 71.6 Å². The predicted octanol–water partition coefficient (Wildman–Crippen LogP) is 4.04. The van der Waals surface area contributed by atoms with E-state index in [-0.39, 0.29) is 35.4 Å². The van der Waals surface area contributed by atoms with Crippen molar-refractivity contribution in [1.29, 1.82) is 0 Å². The number of ether oxygens (including phenoxy) is 2. The minimum absolute atomic E-state index is 0.0937. The summed E-state index contributed by atoms with van der Waals surface area (Å²) in [6, 6.07) is 15.8. The van der Waals surface area contributed by atoms with Crippen molar-refractivity contribution in [2.24, 2.45) is 0 Å². The van der Waals surface area contributed by atoms with Gasteiger partial charge in [0.2, 0.25) is 11.8 Å². The third-order valence-corrected chi connectivity index (χ3v) is 8.44. The van der Waals surface area contributed by atoms with Gasteiger partial charge in [-0.3, -0.25) is 13.9 Å². The average Bonchev–Trinajstić information content (AvgIpc) is 2.96. The summed E-state index contributed by atoms with van der Waals surface area (Å²) in [6.45, 7) is 5.96. The molecule has 41 heavy (non-hydrogen) atoms. The monoisotopic (exact) mass is 583 g/mol. The second-order valence-corrected chi connectivity index (χ2v) is 11.5. The van der Waals surface area contributed by atoms with Crippen LogP contribution in [-0.4, -0.2) is 57.5 Å². The van der Waals surface area contributed by atoms with E-state index in [4.69, 9.17) is 9.47 Å². The number of carbonyl (C=O) groups excluding carboxylic acids is 2. The molecule has 0 aromatic heterocycles. The van der Waals surface area contributed by atoms with Gasteiger partial charge in [0.15, 0.2) is 11.5 Å². The summed E-state index contributed by atoms with van der Waals surface area (Å²) in [5, 5.41) is 2.77. The minimum Gasteiger partial charge on any atom is -0.486 e. The van der Waals surface area contributed by atoms with Crippen LogP contribution in [-0.2, 0) is 26.2 Å². The van der Waals surface area contributed by atoms with Crippen LogP contribution in [0.25, 0.3) is 0 Å². The van der Waals surface area contributed by atoms with Crippen LogP contribution in [0.4, 0.5) is 10.1 Å². The maximum Gasteiger partial charge on any atom is 0.264 e. The Kier molecular flexibility index (Phi) is 9.49. The first-order valence-corrected chi connectivity index (χ1v) is 14.9. The van der Waals surface area contributed by atoms with Crippen molar-refractivity contribution in [3.8, 4) is 11.5 Å². The zero-order chi connectivity index (χ0) is 29.6. The lowest BCUT2D eigenvalue weighted by Gasteiger charge is -2.33. The molecular weight excluding hydrogens is 549 g/mol. The van der Waals surface area contributed by atoms with E-state index in [0.717, 1.165) is 27.6 Å². The largest absolute Gasteiger partial charge is 0.486 e. The van der Waals surface area contributed by atoms with Crippen molar-refractivity contribution in [2.75, 3.05) is 30.6 Å². The summed E-state index contributed by atoms with van der Waals surface area (Å²) in [6.07, 6.45) is 0.314. The molecule has 1 heterocycles. The highest BCUT2D eigenvalue weighted by Crippen LogP contribution is 2.34. The number of anilines is 1. The molecule has 218 valence electrons. The summed E-state index contributed by atoms with van der Waals surface area (Å²) in [5.74, 6) is -0.795. The summed E-state index contributed by atoms with van der Waals surface area (Å²) < 4.78 is 53.9. The van der Waals surface area contributed by atoms with E-state index in [9.17, 15) is 22.4 Å². The maximum atomic E-state index is 14.0. The Morgan fingerprint density at radius 2 is 1.68 bits per heavy atom. The van der Waals surface area contributed by atoms with Gasteiger partial charge in [-0.1, -0.05) is 36.8 Å². The second kappa shape index (κ2) is 13.0. The summed E-state index contributed by atoms with van der Waals surface area (Å²) >= 11 is 0. The molecule has 1 aliphatic heterocycles. The molecule has 0 unspecified atom stereocenters. The third kappa shape index (κ3) is 6.97. The quantitative estimate of drug-likeness (QED) is 0.365. The standard InChI is InChI=1S/C30H34FN3O6S/c1-4-26(30(36)32-5-2)33(19-22-8-6-7-21(3)17-22)29(35)20-34(24-11-9-23(31)10-12-24)41(37,38)25-13-14-27-28(18-25)40-16-15-39-27/h6-14,17-18,26H,4-5,15-16,19-20H2,1-3H3,(H,32,36)/t26-/m1/s1. The van der Waals surface area contributed by atoms with Gasteiger partial charge in [-0.05, 0) is 62.2 Å². The second-order valence-electron chi connectivity index (χ2n) is 9.62. The first-order chi connectivity index (χ1) is 19.6. The highest BCUT2D eigenvalue weighted by atomic mass is 32.2. The van der Waals surface area contributed by atoms with Crippen LogP contribution in [0.5, 0.6) is 11.5 Å². The van der Waals surface area contributed by atoms with Crippen molar-refractivity contribution >= 4 is 27.5 Å². The van der Waals surface area contributed by atoms with Gasteiger partial charge in [0, 0.05) is 19.2 Å². The first kappa shape index (κ1) is 29.9. The van der Waals surface area contributed by atoms with Crippen LogP contribution < -0.4 is 19.1 Å². The van der Waals surface area contributed by atoms with E-state index in [1.165, 1.54) is 35.2 Å². The van der Waals surface area contributed by atoms with Gasteiger partial charge in [0.05, 0.1) is 10.6 Å². The summed E-state index contributed by atoms with van der Waals surface area (Å²) in [7, 11) is -4.34. The summed E-state index contributed by atoms with van der Waals surface area (Å²) in [4.78, 5) is 28.3. The van der Waals surface area contributed by atoms with Gasteiger partial charge < -0.3 is 19.7 Å². The Labute approximate surface area is 239 Å². The lowest BCUT2D eigenvalue weighted by Crippen LogP contribution is -2.52. The summed E-state index contributed by atoms with van der Waals surface area (Å²) in [5.41, 5.74) is 1.87. The highest BCUT2D eigenvalue weighted by Gasteiger charge is 2.34. The molecule has 1 atom stereocenters. The number of amides is 2. The molecule has 2 amide bonds. The van der Waals surface area contributed by atoms with Gasteiger partial charge >= 0.3 is 0 Å². The Morgan fingerprint density at radius 1 is 0.976 bits per heavy atom. The number of carbonyl (C=O) groups is 2. The maximum absolute atomic E-state index is 14.0. The third-order valence-electron chi connectivity index (χ3n) is 6.67. The van der Waals surface area contributed by atoms with E-state index < -0.39 is 34.3 Å². The van der Waals surface area contributed by atoms with Gasteiger partial charge in [-0.25, -0.2) is 12.8 Å². The number of nitrogens with one attached hydrogen (secondary N) is 1.